The van der Waals surface area contributed by atoms with E-state index in [4.69, 9.17) is 5.73 Å². The number of Topliss-reactive ketones (excluding diaryl/α,β-unsaturated/α-hetero) is 1. The van der Waals surface area contributed by atoms with Crippen molar-refractivity contribution in [3.8, 4) is 0 Å². The summed E-state index contributed by atoms with van der Waals surface area (Å²) in [4.78, 5) is 13.6. The Morgan fingerprint density at radius 3 is 2.71 bits per heavy atom. The fourth-order valence-electron chi connectivity index (χ4n) is 1.70. The average molecular weight is 196 g/mol. The molecule has 0 aliphatic carbocycles. The van der Waals surface area contributed by atoms with Gasteiger partial charge in [-0.1, -0.05) is 6.08 Å². The zero-order valence-electron chi connectivity index (χ0n) is 8.74. The van der Waals surface area contributed by atoms with Crippen LogP contribution >= 0.6 is 0 Å². The highest BCUT2D eigenvalue weighted by Crippen LogP contribution is 2.08. The van der Waals surface area contributed by atoms with E-state index in [2.05, 4.69) is 11.5 Å². The number of ketones is 1. The minimum Gasteiger partial charge on any atom is -0.328 e. The van der Waals surface area contributed by atoms with Gasteiger partial charge in [-0.15, -0.1) is 6.58 Å². The van der Waals surface area contributed by atoms with Gasteiger partial charge in [-0.2, -0.15) is 0 Å². The lowest BCUT2D eigenvalue weighted by Crippen LogP contribution is -2.41. The monoisotopic (exact) mass is 196 g/mol. The van der Waals surface area contributed by atoms with Crippen LogP contribution in [0.3, 0.4) is 0 Å². The highest BCUT2D eigenvalue weighted by Gasteiger charge is 2.17. The van der Waals surface area contributed by atoms with Crippen molar-refractivity contribution in [2.45, 2.75) is 31.7 Å². The summed E-state index contributed by atoms with van der Waals surface area (Å²) >= 11 is 0. The minimum atomic E-state index is 0.320. The van der Waals surface area contributed by atoms with Crippen molar-refractivity contribution in [1.82, 2.24) is 4.90 Å². The molecule has 1 fully saturated rings. The molecule has 1 heterocycles. The van der Waals surface area contributed by atoms with Crippen molar-refractivity contribution < 1.29 is 4.79 Å². The molecular formula is C11H20N2O. The van der Waals surface area contributed by atoms with Crippen LogP contribution in [-0.2, 0) is 4.79 Å². The SMILES string of the molecule is C=CCCC(=O)CN1CCC(N)CC1. The molecule has 2 N–H and O–H groups in total. The average Bonchev–Trinajstić information content (AvgIpc) is 2.18. The highest BCUT2D eigenvalue weighted by atomic mass is 16.1. The Kier molecular flexibility index (Phi) is 4.84. The molecule has 1 saturated heterocycles. The van der Waals surface area contributed by atoms with E-state index >= 15 is 0 Å². The Labute approximate surface area is 86.0 Å². The maximum absolute atomic E-state index is 11.4. The number of likely N-dealkylation sites (tertiary alicyclic amines) is 1. The van der Waals surface area contributed by atoms with Gasteiger partial charge in [-0.05, 0) is 19.3 Å². The van der Waals surface area contributed by atoms with Crippen LogP contribution in [0.1, 0.15) is 25.7 Å². The zero-order valence-corrected chi connectivity index (χ0v) is 8.74. The Morgan fingerprint density at radius 2 is 2.14 bits per heavy atom. The fourth-order valence-corrected chi connectivity index (χ4v) is 1.70. The molecule has 0 aromatic rings. The van der Waals surface area contributed by atoms with E-state index in [1.54, 1.807) is 6.08 Å². The maximum Gasteiger partial charge on any atom is 0.147 e. The Hall–Kier alpha value is -0.670. The molecule has 0 aromatic heterocycles. The molecule has 3 heteroatoms. The summed E-state index contributed by atoms with van der Waals surface area (Å²) in [5.41, 5.74) is 5.78. The topological polar surface area (TPSA) is 46.3 Å². The quantitative estimate of drug-likeness (QED) is 0.666. The van der Waals surface area contributed by atoms with Crippen LogP contribution in [0.25, 0.3) is 0 Å². The molecule has 14 heavy (non-hydrogen) atoms. The number of piperidine rings is 1. The summed E-state index contributed by atoms with van der Waals surface area (Å²) < 4.78 is 0. The standard InChI is InChI=1S/C11H20N2O/c1-2-3-4-11(14)9-13-7-5-10(12)6-8-13/h2,10H,1,3-9,12H2. The van der Waals surface area contributed by atoms with Crippen LogP contribution in [0.15, 0.2) is 12.7 Å². The second-order valence-corrected chi connectivity index (χ2v) is 3.98. The molecule has 0 atom stereocenters. The molecule has 0 amide bonds. The number of nitrogens with two attached hydrogens (primary N) is 1. The van der Waals surface area contributed by atoms with Gasteiger partial charge in [0.15, 0.2) is 0 Å². The van der Waals surface area contributed by atoms with E-state index in [1.807, 2.05) is 0 Å². The van der Waals surface area contributed by atoms with Crippen molar-refractivity contribution >= 4 is 5.78 Å². The van der Waals surface area contributed by atoms with Crippen molar-refractivity contribution in [2.75, 3.05) is 19.6 Å². The van der Waals surface area contributed by atoms with Crippen LogP contribution in [0, 0.1) is 0 Å². The highest BCUT2D eigenvalue weighted by molar-refractivity contribution is 5.80. The van der Waals surface area contributed by atoms with Crippen LogP contribution in [0.2, 0.25) is 0 Å². The number of nitrogens with zero attached hydrogens (tertiary/aromatic N) is 1. The van der Waals surface area contributed by atoms with Gasteiger partial charge >= 0.3 is 0 Å². The third-order valence-corrected chi connectivity index (χ3v) is 2.66. The molecule has 80 valence electrons. The van der Waals surface area contributed by atoms with Crippen LogP contribution in [0.4, 0.5) is 0 Å². The van der Waals surface area contributed by atoms with Gasteiger partial charge in [-0.25, -0.2) is 0 Å². The van der Waals surface area contributed by atoms with Crippen LogP contribution in [0.5, 0.6) is 0 Å². The summed E-state index contributed by atoms with van der Waals surface area (Å²) in [6, 6.07) is 0.342. The number of carbonyl (C=O) groups is 1. The van der Waals surface area contributed by atoms with E-state index in [1.165, 1.54) is 0 Å². The van der Waals surface area contributed by atoms with Crippen LogP contribution < -0.4 is 5.73 Å². The Balaban J connectivity index is 2.17. The largest absolute Gasteiger partial charge is 0.328 e. The summed E-state index contributed by atoms with van der Waals surface area (Å²) in [6.45, 7) is 6.15. The lowest BCUT2D eigenvalue weighted by Gasteiger charge is -2.29. The number of hydrogen-bond acceptors (Lipinski definition) is 3. The van der Waals surface area contributed by atoms with E-state index in [0.717, 1.165) is 32.4 Å². The molecule has 0 aromatic carbocycles. The lowest BCUT2D eigenvalue weighted by atomic mass is 10.1. The van der Waals surface area contributed by atoms with E-state index < -0.39 is 0 Å². The zero-order chi connectivity index (χ0) is 10.4. The number of rotatable bonds is 5. The first-order valence-electron chi connectivity index (χ1n) is 5.33. The van der Waals surface area contributed by atoms with Gasteiger partial charge in [0.1, 0.15) is 5.78 Å². The maximum atomic E-state index is 11.4. The first-order valence-corrected chi connectivity index (χ1v) is 5.33. The second-order valence-electron chi connectivity index (χ2n) is 3.98. The van der Waals surface area contributed by atoms with Gasteiger partial charge in [0.05, 0.1) is 6.54 Å². The van der Waals surface area contributed by atoms with Crippen molar-refractivity contribution in [2.24, 2.45) is 5.73 Å². The summed E-state index contributed by atoms with van der Waals surface area (Å²) in [6.07, 6.45) is 5.27. The molecule has 0 bridgehead atoms. The summed E-state index contributed by atoms with van der Waals surface area (Å²) in [7, 11) is 0. The van der Waals surface area contributed by atoms with Crippen molar-refractivity contribution in [3.63, 3.8) is 0 Å². The molecule has 1 aliphatic heterocycles. The van der Waals surface area contributed by atoms with Gasteiger partial charge in [0.25, 0.3) is 0 Å². The first-order chi connectivity index (χ1) is 6.72. The smallest absolute Gasteiger partial charge is 0.147 e. The molecule has 1 aliphatic rings. The number of carbonyl (C=O) groups excluding carboxylic acids is 1. The van der Waals surface area contributed by atoms with E-state index in [0.29, 0.717) is 24.8 Å². The van der Waals surface area contributed by atoms with E-state index in [9.17, 15) is 4.79 Å². The van der Waals surface area contributed by atoms with Crippen LogP contribution in [-0.4, -0.2) is 36.4 Å². The third kappa shape index (κ3) is 4.03. The van der Waals surface area contributed by atoms with Gasteiger partial charge in [0.2, 0.25) is 0 Å². The predicted molar refractivity (Wildman–Crippen MR) is 58.1 cm³/mol. The second kappa shape index (κ2) is 5.94. The predicted octanol–water partition coefficient (Wildman–Crippen LogP) is 0.945. The first kappa shape index (κ1) is 11.4. The minimum absolute atomic E-state index is 0.320. The van der Waals surface area contributed by atoms with Gasteiger partial charge in [-0.3, -0.25) is 9.69 Å². The summed E-state index contributed by atoms with van der Waals surface area (Å²) in [5.74, 6) is 0.320. The van der Waals surface area contributed by atoms with E-state index in [-0.39, 0.29) is 0 Å². The molecule has 0 saturated carbocycles. The molecule has 0 radical (unpaired) electrons. The normalized spacial score (nSPS) is 19.5. The number of hydrogen-bond donors (Lipinski definition) is 1. The Morgan fingerprint density at radius 1 is 1.50 bits per heavy atom. The third-order valence-electron chi connectivity index (χ3n) is 2.66. The van der Waals surface area contributed by atoms with Gasteiger partial charge < -0.3 is 5.73 Å². The molecule has 3 nitrogen and oxygen atoms in total. The molecule has 1 rings (SSSR count). The van der Waals surface area contributed by atoms with Crippen molar-refractivity contribution in [3.05, 3.63) is 12.7 Å². The molecule has 0 unspecified atom stereocenters. The number of allylic oxidation sites excluding steroid dienone is 1. The Bertz CT molecular complexity index is 195. The summed E-state index contributed by atoms with van der Waals surface area (Å²) in [5, 5.41) is 0. The fraction of sp³-hybridized carbons (Fsp3) is 0.727. The lowest BCUT2D eigenvalue weighted by molar-refractivity contribution is -0.120. The van der Waals surface area contributed by atoms with Crippen molar-refractivity contribution in [1.29, 1.82) is 0 Å². The molecular weight excluding hydrogens is 176 g/mol. The van der Waals surface area contributed by atoms with Gasteiger partial charge in [0, 0.05) is 25.6 Å². The molecule has 0 spiro atoms.